The predicted molar refractivity (Wildman–Crippen MR) is 60.4 cm³/mol. The van der Waals surface area contributed by atoms with Gasteiger partial charge in [0.1, 0.15) is 0 Å². The Morgan fingerprint density at radius 2 is 1.77 bits per heavy atom. The second kappa shape index (κ2) is 4.31. The van der Waals surface area contributed by atoms with E-state index in [9.17, 15) is 0 Å². The first-order valence-electron chi connectivity index (χ1n) is 5.17. The highest BCUT2D eigenvalue weighted by atomic mass is 79.9. The smallest absolute Gasteiger partial charge is 0.0598 e. The Balaban J connectivity index is 2.40. The van der Waals surface area contributed by atoms with Crippen LogP contribution in [0, 0.1) is 5.41 Å². The molecule has 13 heavy (non-hydrogen) atoms. The first kappa shape index (κ1) is 11.5. The number of halogens is 1. The van der Waals surface area contributed by atoms with Gasteiger partial charge in [-0.15, -0.1) is 0 Å². The van der Waals surface area contributed by atoms with Crippen LogP contribution in [0.4, 0.5) is 0 Å². The van der Waals surface area contributed by atoms with Crippen LogP contribution in [0.2, 0.25) is 0 Å². The fourth-order valence-electron chi connectivity index (χ4n) is 1.81. The minimum absolute atomic E-state index is 0.0117. The molecule has 0 atom stereocenters. The zero-order valence-electron chi connectivity index (χ0n) is 9.03. The molecule has 1 aliphatic rings. The van der Waals surface area contributed by atoms with Crippen molar-refractivity contribution in [2.75, 3.05) is 11.9 Å². The number of ether oxygens (including phenoxy) is 1. The van der Waals surface area contributed by atoms with Gasteiger partial charge in [-0.2, -0.15) is 0 Å². The number of rotatable bonds is 3. The van der Waals surface area contributed by atoms with Gasteiger partial charge in [0.05, 0.1) is 12.2 Å². The van der Waals surface area contributed by atoms with Crippen molar-refractivity contribution in [3.8, 4) is 0 Å². The topological polar surface area (TPSA) is 9.23 Å². The molecule has 0 saturated heterocycles. The summed E-state index contributed by atoms with van der Waals surface area (Å²) < 4.78 is 5.88. The van der Waals surface area contributed by atoms with Gasteiger partial charge in [-0.05, 0) is 33.6 Å². The molecule has 0 amide bonds. The van der Waals surface area contributed by atoms with Crippen molar-refractivity contribution in [1.29, 1.82) is 0 Å². The second-order valence-electron chi connectivity index (χ2n) is 5.24. The molecule has 1 saturated carbocycles. The average molecular weight is 249 g/mol. The van der Waals surface area contributed by atoms with E-state index in [0.29, 0.717) is 5.41 Å². The molecule has 1 aliphatic carbocycles. The summed E-state index contributed by atoms with van der Waals surface area (Å²) in [6, 6.07) is 0. The Labute approximate surface area is 90.4 Å². The monoisotopic (exact) mass is 248 g/mol. The van der Waals surface area contributed by atoms with Crippen molar-refractivity contribution in [1.82, 2.24) is 0 Å². The van der Waals surface area contributed by atoms with Crippen LogP contribution >= 0.6 is 15.9 Å². The minimum atomic E-state index is 0.0117. The van der Waals surface area contributed by atoms with Gasteiger partial charge >= 0.3 is 0 Å². The molecule has 0 aromatic carbocycles. The quantitative estimate of drug-likeness (QED) is 0.692. The summed E-state index contributed by atoms with van der Waals surface area (Å²) in [6.07, 6.45) is 5.40. The van der Waals surface area contributed by atoms with Crippen molar-refractivity contribution in [3.05, 3.63) is 0 Å². The molecule has 2 heteroatoms. The number of alkyl halides is 1. The molecule has 78 valence electrons. The molecule has 0 unspecified atom stereocenters. The largest absolute Gasteiger partial charge is 0.375 e. The molecule has 0 heterocycles. The Kier molecular flexibility index (Phi) is 3.82. The average Bonchev–Trinajstić information content (AvgIpc) is 2.49. The van der Waals surface area contributed by atoms with Crippen LogP contribution < -0.4 is 0 Å². The summed E-state index contributed by atoms with van der Waals surface area (Å²) in [5.41, 5.74) is 0.449. The molecule has 1 rings (SSSR count). The molecule has 0 spiro atoms. The van der Waals surface area contributed by atoms with Crippen LogP contribution in [0.1, 0.15) is 46.5 Å². The lowest BCUT2D eigenvalue weighted by Gasteiger charge is -2.30. The van der Waals surface area contributed by atoms with Gasteiger partial charge < -0.3 is 4.74 Å². The van der Waals surface area contributed by atoms with Crippen LogP contribution in [0.5, 0.6) is 0 Å². The maximum Gasteiger partial charge on any atom is 0.0598 e. The third-order valence-electron chi connectivity index (χ3n) is 2.76. The van der Waals surface area contributed by atoms with Gasteiger partial charge in [0.2, 0.25) is 0 Å². The molecule has 0 aromatic heterocycles. The number of hydrogen-bond donors (Lipinski definition) is 0. The van der Waals surface area contributed by atoms with Crippen molar-refractivity contribution >= 4 is 15.9 Å². The Morgan fingerprint density at radius 3 is 2.15 bits per heavy atom. The molecule has 0 radical (unpaired) electrons. The fourth-order valence-corrected chi connectivity index (χ4v) is 2.53. The number of hydrogen-bond acceptors (Lipinski definition) is 1. The van der Waals surface area contributed by atoms with E-state index >= 15 is 0 Å². The van der Waals surface area contributed by atoms with Crippen molar-refractivity contribution in [3.63, 3.8) is 0 Å². The molecule has 0 N–H and O–H groups in total. The van der Waals surface area contributed by atoms with E-state index in [1.807, 2.05) is 0 Å². The molecule has 0 bridgehead atoms. The van der Waals surface area contributed by atoms with Crippen LogP contribution in [0.3, 0.4) is 0 Å². The summed E-state index contributed by atoms with van der Waals surface area (Å²) in [4.78, 5) is 0. The summed E-state index contributed by atoms with van der Waals surface area (Å²) >= 11 is 3.62. The van der Waals surface area contributed by atoms with E-state index in [4.69, 9.17) is 4.74 Å². The first-order chi connectivity index (χ1) is 5.97. The summed E-state index contributed by atoms with van der Waals surface area (Å²) in [5.74, 6) is 0. The molecular formula is C11H21BrO. The SMILES string of the molecule is CC(C)(C)OCC1(CBr)CCCC1. The second-order valence-corrected chi connectivity index (χ2v) is 5.80. The van der Waals surface area contributed by atoms with Crippen LogP contribution in [0.25, 0.3) is 0 Å². The third-order valence-corrected chi connectivity index (χ3v) is 3.95. The minimum Gasteiger partial charge on any atom is -0.375 e. The highest BCUT2D eigenvalue weighted by molar-refractivity contribution is 9.09. The lowest BCUT2D eigenvalue weighted by atomic mass is 9.90. The van der Waals surface area contributed by atoms with Gasteiger partial charge in [-0.3, -0.25) is 0 Å². The normalized spacial score (nSPS) is 22.2. The predicted octanol–water partition coefficient (Wildman–Crippen LogP) is 3.76. The highest BCUT2D eigenvalue weighted by Crippen LogP contribution is 2.40. The Morgan fingerprint density at radius 1 is 1.23 bits per heavy atom. The highest BCUT2D eigenvalue weighted by Gasteiger charge is 2.34. The summed E-state index contributed by atoms with van der Waals surface area (Å²) in [5, 5.41) is 1.09. The van der Waals surface area contributed by atoms with Gasteiger partial charge in [0, 0.05) is 10.7 Å². The molecule has 0 aromatic rings. The summed E-state index contributed by atoms with van der Waals surface area (Å²) in [7, 11) is 0. The molecule has 0 aliphatic heterocycles. The zero-order valence-corrected chi connectivity index (χ0v) is 10.6. The van der Waals surface area contributed by atoms with Gasteiger partial charge in [-0.1, -0.05) is 28.8 Å². The van der Waals surface area contributed by atoms with Crippen LogP contribution in [0.15, 0.2) is 0 Å². The van der Waals surface area contributed by atoms with Crippen LogP contribution in [-0.2, 0) is 4.74 Å². The first-order valence-corrected chi connectivity index (χ1v) is 6.30. The van der Waals surface area contributed by atoms with E-state index < -0.39 is 0 Å². The van der Waals surface area contributed by atoms with E-state index in [2.05, 4.69) is 36.7 Å². The Bertz CT molecular complexity index is 154. The van der Waals surface area contributed by atoms with Gasteiger partial charge in [0.15, 0.2) is 0 Å². The van der Waals surface area contributed by atoms with E-state index in [0.717, 1.165) is 11.9 Å². The lowest BCUT2D eigenvalue weighted by molar-refractivity contribution is -0.0441. The van der Waals surface area contributed by atoms with Crippen molar-refractivity contribution in [2.24, 2.45) is 5.41 Å². The maximum atomic E-state index is 5.88. The van der Waals surface area contributed by atoms with Crippen molar-refractivity contribution in [2.45, 2.75) is 52.1 Å². The Hall–Kier alpha value is 0.440. The summed E-state index contributed by atoms with van der Waals surface area (Å²) in [6.45, 7) is 7.30. The van der Waals surface area contributed by atoms with Gasteiger partial charge in [0.25, 0.3) is 0 Å². The molecular weight excluding hydrogens is 228 g/mol. The van der Waals surface area contributed by atoms with Crippen molar-refractivity contribution < 1.29 is 4.74 Å². The standard InChI is InChI=1S/C11H21BrO/c1-10(2,3)13-9-11(8-12)6-4-5-7-11/h4-9H2,1-3H3. The third kappa shape index (κ3) is 3.59. The zero-order chi connectivity index (χ0) is 9.95. The molecule has 1 fully saturated rings. The van der Waals surface area contributed by atoms with E-state index in [1.54, 1.807) is 0 Å². The molecule has 1 nitrogen and oxygen atoms in total. The fraction of sp³-hybridized carbons (Fsp3) is 1.00. The lowest BCUT2D eigenvalue weighted by Crippen LogP contribution is -2.31. The van der Waals surface area contributed by atoms with Crippen LogP contribution in [-0.4, -0.2) is 17.5 Å². The van der Waals surface area contributed by atoms with Gasteiger partial charge in [-0.25, -0.2) is 0 Å². The van der Waals surface area contributed by atoms with E-state index in [1.165, 1.54) is 25.7 Å². The van der Waals surface area contributed by atoms with E-state index in [-0.39, 0.29) is 5.60 Å². The maximum absolute atomic E-state index is 5.88.